The van der Waals surface area contributed by atoms with Crippen LogP contribution in [0.2, 0.25) is 0 Å². The van der Waals surface area contributed by atoms with Crippen molar-refractivity contribution in [1.29, 1.82) is 0 Å². The summed E-state index contributed by atoms with van der Waals surface area (Å²) in [5, 5.41) is 16.0. The Morgan fingerprint density at radius 2 is 2.11 bits per heavy atom. The van der Waals surface area contributed by atoms with E-state index in [1.807, 2.05) is 0 Å². The van der Waals surface area contributed by atoms with Gasteiger partial charge in [-0.3, -0.25) is 14.3 Å². The number of carbonyl (C=O) groups excluding carboxylic acids is 2. The van der Waals surface area contributed by atoms with E-state index in [9.17, 15) is 19.5 Å². The zero-order valence-corrected chi connectivity index (χ0v) is 14.7. The molecule has 1 fully saturated rings. The molecule has 1 aromatic carbocycles. The smallest absolute Gasteiger partial charge is 0.326 e. The number of carboxylic acids is 1. The molecule has 0 bridgehead atoms. The lowest BCUT2D eigenvalue weighted by atomic mass is 10.0. The Balaban J connectivity index is 1.64. The molecule has 1 unspecified atom stereocenters. The molecule has 2 amide bonds. The molecule has 3 rings (SSSR count). The fourth-order valence-corrected chi connectivity index (χ4v) is 3.11. The Hall–Kier alpha value is -3.23. The summed E-state index contributed by atoms with van der Waals surface area (Å²) in [5.41, 5.74) is 0.852. The van der Waals surface area contributed by atoms with Gasteiger partial charge in [-0.2, -0.15) is 5.10 Å². The van der Waals surface area contributed by atoms with Crippen molar-refractivity contribution >= 4 is 23.5 Å². The van der Waals surface area contributed by atoms with Gasteiger partial charge in [0.15, 0.2) is 0 Å². The maximum absolute atomic E-state index is 12.8. The molecular weight excluding hydrogens is 350 g/mol. The molecule has 2 heterocycles. The number of carboxylic acid groups (broad SMARTS) is 1. The van der Waals surface area contributed by atoms with Crippen LogP contribution in [-0.2, 0) is 16.1 Å². The van der Waals surface area contributed by atoms with Gasteiger partial charge in [-0.05, 0) is 37.5 Å². The van der Waals surface area contributed by atoms with E-state index in [0.29, 0.717) is 30.8 Å². The van der Waals surface area contributed by atoms with Crippen LogP contribution < -0.4 is 5.32 Å². The zero-order chi connectivity index (χ0) is 19.2. The minimum atomic E-state index is -0.986. The van der Waals surface area contributed by atoms with Crippen molar-refractivity contribution in [2.45, 2.75) is 38.3 Å². The highest BCUT2D eigenvalue weighted by molar-refractivity contribution is 5.98. The monoisotopic (exact) mass is 371 g/mol. The summed E-state index contributed by atoms with van der Waals surface area (Å²) in [7, 11) is 0. The molecule has 1 saturated heterocycles. The maximum atomic E-state index is 12.8. The Morgan fingerprint density at radius 3 is 2.85 bits per heavy atom. The minimum Gasteiger partial charge on any atom is -0.480 e. The summed E-state index contributed by atoms with van der Waals surface area (Å²) in [6.07, 6.45) is 5.19. The number of amides is 2. The van der Waals surface area contributed by atoms with Crippen LogP contribution >= 0.6 is 0 Å². The largest absolute Gasteiger partial charge is 0.480 e. The van der Waals surface area contributed by atoms with Crippen LogP contribution in [0, 0.1) is 0 Å². The number of nitrogens with zero attached hydrogens (tertiary/aromatic N) is 4. The van der Waals surface area contributed by atoms with E-state index in [0.717, 1.165) is 12.8 Å². The average Bonchev–Trinajstić information content (AvgIpc) is 3.19. The first-order chi connectivity index (χ1) is 13.0. The van der Waals surface area contributed by atoms with Gasteiger partial charge >= 0.3 is 5.97 Å². The molecule has 9 nitrogen and oxygen atoms in total. The molecule has 1 aliphatic rings. The third kappa shape index (κ3) is 4.69. The molecular formula is C18H21N5O4. The van der Waals surface area contributed by atoms with E-state index in [-0.39, 0.29) is 18.2 Å². The normalized spacial score (nSPS) is 16.7. The number of aromatic nitrogens is 3. The Labute approximate surface area is 156 Å². The van der Waals surface area contributed by atoms with E-state index in [1.54, 1.807) is 28.9 Å². The molecule has 1 aliphatic heterocycles. The molecule has 0 saturated carbocycles. The number of carbonyl (C=O) groups is 3. The van der Waals surface area contributed by atoms with Gasteiger partial charge in [-0.15, -0.1) is 0 Å². The second-order valence-electron chi connectivity index (χ2n) is 6.39. The summed E-state index contributed by atoms with van der Waals surface area (Å²) in [6, 6.07) is 5.76. The van der Waals surface area contributed by atoms with Crippen molar-refractivity contribution in [2.75, 3.05) is 11.9 Å². The van der Waals surface area contributed by atoms with Gasteiger partial charge in [-0.1, -0.05) is 6.07 Å². The second-order valence-corrected chi connectivity index (χ2v) is 6.39. The van der Waals surface area contributed by atoms with Gasteiger partial charge in [0.25, 0.3) is 5.91 Å². The second kappa shape index (κ2) is 8.43. The predicted octanol–water partition coefficient (Wildman–Crippen LogP) is 1.39. The van der Waals surface area contributed by atoms with Crippen molar-refractivity contribution in [3.05, 3.63) is 42.5 Å². The molecule has 2 N–H and O–H groups in total. The Morgan fingerprint density at radius 1 is 1.26 bits per heavy atom. The first-order valence-corrected chi connectivity index (χ1v) is 8.80. The van der Waals surface area contributed by atoms with Crippen molar-refractivity contribution in [3.8, 4) is 0 Å². The quantitative estimate of drug-likeness (QED) is 0.792. The molecule has 9 heteroatoms. The van der Waals surface area contributed by atoms with Crippen LogP contribution in [0.1, 0.15) is 36.0 Å². The van der Waals surface area contributed by atoms with Crippen molar-refractivity contribution < 1.29 is 19.5 Å². The number of benzene rings is 1. The number of piperidine rings is 1. The molecule has 0 radical (unpaired) electrons. The van der Waals surface area contributed by atoms with E-state index >= 15 is 0 Å². The van der Waals surface area contributed by atoms with Crippen LogP contribution in [-0.4, -0.2) is 55.1 Å². The van der Waals surface area contributed by atoms with Crippen LogP contribution in [0.4, 0.5) is 5.69 Å². The number of anilines is 1. The highest BCUT2D eigenvalue weighted by atomic mass is 16.4. The molecule has 27 heavy (non-hydrogen) atoms. The van der Waals surface area contributed by atoms with Gasteiger partial charge in [0, 0.05) is 24.2 Å². The van der Waals surface area contributed by atoms with Crippen molar-refractivity contribution in [2.24, 2.45) is 0 Å². The number of hydrogen-bond acceptors (Lipinski definition) is 5. The highest BCUT2D eigenvalue weighted by Crippen LogP contribution is 2.21. The average molecular weight is 371 g/mol. The number of rotatable bonds is 6. The summed E-state index contributed by atoms with van der Waals surface area (Å²) in [4.78, 5) is 41.5. The molecule has 2 aromatic rings. The fourth-order valence-electron chi connectivity index (χ4n) is 3.11. The summed E-state index contributed by atoms with van der Waals surface area (Å²) >= 11 is 0. The number of aliphatic carboxylic acids is 1. The van der Waals surface area contributed by atoms with E-state index < -0.39 is 12.0 Å². The lowest BCUT2D eigenvalue weighted by Crippen LogP contribution is -2.48. The first kappa shape index (κ1) is 18.6. The topological polar surface area (TPSA) is 117 Å². The van der Waals surface area contributed by atoms with E-state index in [1.165, 1.54) is 17.6 Å². The molecule has 1 aromatic heterocycles. The number of aryl methyl sites for hydroxylation is 1. The van der Waals surface area contributed by atoms with Crippen molar-refractivity contribution in [1.82, 2.24) is 19.7 Å². The molecule has 0 aliphatic carbocycles. The molecule has 0 spiro atoms. The van der Waals surface area contributed by atoms with E-state index in [4.69, 9.17) is 0 Å². The molecule has 142 valence electrons. The number of hydrogen-bond donors (Lipinski definition) is 2. The van der Waals surface area contributed by atoms with Crippen LogP contribution in [0.15, 0.2) is 36.9 Å². The van der Waals surface area contributed by atoms with Gasteiger partial charge in [0.1, 0.15) is 18.7 Å². The lowest BCUT2D eigenvalue weighted by molar-refractivity contribution is -0.143. The first-order valence-electron chi connectivity index (χ1n) is 8.80. The predicted molar refractivity (Wildman–Crippen MR) is 96.0 cm³/mol. The maximum Gasteiger partial charge on any atom is 0.326 e. The van der Waals surface area contributed by atoms with Gasteiger partial charge in [-0.25, -0.2) is 9.78 Å². The standard InChI is InChI=1S/C18H21N5O4/c24-16(7-9-22-12-19-11-20-22)21-14-5-3-4-13(10-14)17(25)23-8-2-1-6-15(23)18(26)27/h3-5,10-12,15H,1-2,6-9H2,(H,21,24)(H,26,27). The summed E-state index contributed by atoms with van der Waals surface area (Å²) in [6.45, 7) is 0.822. The summed E-state index contributed by atoms with van der Waals surface area (Å²) in [5.74, 6) is -1.53. The summed E-state index contributed by atoms with van der Waals surface area (Å²) < 4.78 is 1.56. The Kier molecular flexibility index (Phi) is 5.80. The number of likely N-dealkylation sites (tertiary alicyclic amines) is 1. The fraction of sp³-hybridized carbons (Fsp3) is 0.389. The van der Waals surface area contributed by atoms with Crippen LogP contribution in [0.3, 0.4) is 0 Å². The van der Waals surface area contributed by atoms with Crippen LogP contribution in [0.25, 0.3) is 0 Å². The zero-order valence-electron chi connectivity index (χ0n) is 14.7. The minimum absolute atomic E-state index is 0.212. The third-order valence-electron chi connectivity index (χ3n) is 4.48. The van der Waals surface area contributed by atoms with Gasteiger partial charge < -0.3 is 15.3 Å². The Bertz CT molecular complexity index is 821. The van der Waals surface area contributed by atoms with Crippen molar-refractivity contribution in [3.63, 3.8) is 0 Å². The van der Waals surface area contributed by atoms with Crippen LogP contribution in [0.5, 0.6) is 0 Å². The lowest BCUT2D eigenvalue weighted by Gasteiger charge is -2.33. The SMILES string of the molecule is O=C(CCn1cncn1)Nc1cccc(C(=O)N2CCCCC2C(=O)O)c1. The molecule has 1 atom stereocenters. The highest BCUT2D eigenvalue weighted by Gasteiger charge is 2.32. The van der Waals surface area contributed by atoms with E-state index in [2.05, 4.69) is 15.4 Å². The third-order valence-corrected chi connectivity index (χ3v) is 4.48. The number of nitrogens with one attached hydrogen (secondary N) is 1. The van der Waals surface area contributed by atoms with Gasteiger partial charge in [0.05, 0.1) is 6.54 Å². The van der Waals surface area contributed by atoms with Gasteiger partial charge in [0.2, 0.25) is 5.91 Å².